The Kier molecular flexibility index (Phi) is 5.08. The number of hydrogen-bond acceptors (Lipinski definition) is 3. The van der Waals surface area contributed by atoms with Crippen LogP contribution < -0.4 is 0 Å². The Labute approximate surface area is 108 Å². The molecule has 1 rings (SSSR count). The van der Waals surface area contributed by atoms with Gasteiger partial charge in [-0.1, -0.05) is 23.6 Å². The molecular formula is C13H15NO3S. The molecular weight excluding hydrogens is 250 g/mol. The second-order valence-corrected chi connectivity index (χ2v) is 5.64. The lowest BCUT2D eigenvalue weighted by Crippen LogP contribution is -2.33. The lowest BCUT2D eigenvalue weighted by molar-refractivity contribution is -0.108. The molecule has 96 valence electrons. The number of rotatable bonds is 5. The zero-order valence-electron chi connectivity index (χ0n) is 10.4. The van der Waals surface area contributed by atoms with Gasteiger partial charge >= 0.3 is 0 Å². The summed E-state index contributed by atoms with van der Waals surface area (Å²) in [5.41, 5.74) is 0.976. The minimum Gasteiger partial charge on any atom is -0.302 e. The Balaban J connectivity index is 3.10. The summed E-state index contributed by atoms with van der Waals surface area (Å²) in [6.45, 7) is 3.33. The van der Waals surface area contributed by atoms with Gasteiger partial charge in [0.2, 0.25) is 10.0 Å². The van der Waals surface area contributed by atoms with Crippen LogP contribution in [0.2, 0.25) is 0 Å². The standard InChI is InChI=1S/C13H15NO3S/c1-3-4-9-14(10-11-15)18(16,17)13-7-5-12(2)6-8-13/h5-8,11H,9-10H2,1-2H3. The van der Waals surface area contributed by atoms with Gasteiger partial charge in [-0.2, -0.15) is 4.31 Å². The third kappa shape index (κ3) is 3.42. The Morgan fingerprint density at radius 1 is 1.28 bits per heavy atom. The second-order valence-electron chi connectivity index (χ2n) is 3.70. The van der Waals surface area contributed by atoms with E-state index in [-0.39, 0.29) is 18.0 Å². The number of aryl methyl sites for hydroxylation is 1. The van der Waals surface area contributed by atoms with E-state index in [1.54, 1.807) is 19.1 Å². The Bertz CT molecular complexity index is 564. The van der Waals surface area contributed by atoms with Crippen molar-refractivity contribution in [2.75, 3.05) is 13.1 Å². The summed E-state index contributed by atoms with van der Waals surface area (Å²) in [6, 6.07) is 6.50. The van der Waals surface area contributed by atoms with Crippen molar-refractivity contribution >= 4 is 16.3 Å². The highest BCUT2D eigenvalue weighted by Crippen LogP contribution is 2.15. The van der Waals surface area contributed by atoms with Crippen molar-refractivity contribution in [3.8, 4) is 11.8 Å². The summed E-state index contributed by atoms with van der Waals surface area (Å²) in [5, 5.41) is 0. The number of carbonyl (C=O) groups excluding carboxylic acids is 1. The monoisotopic (exact) mass is 265 g/mol. The molecule has 1 aromatic rings. The van der Waals surface area contributed by atoms with Crippen LogP contribution in [-0.4, -0.2) is 32.1 Å². The maximum Gasteiger partial charge on any atom is 0.244 e. The van der Waals surface area contributed by atoms with Gasteiger partial charge in [0.15, 0.2) is 0 Å². The first kappa shape index (κ1) is 14.4. The molecule has 5 heteroatoms. The van der Waals surface area contributed by atoms with E-state index in [9.17, 15) is 13.2 Å². The van der Waals surface area contributed by atoms with Gasteiger partial charge in [-0.3, -0.25) is 0 Å². The Morgan fingerprint density at radius 3 is 2.39 bits per heavy atom. The van der Waals surface area contributed by atoms with Crippen molar-refractivity contribution in [3.05, 3.63) is 29.8 Å². The summed E-state index contributed by atoms with van der Waals surface area (Å²) < 4.78 is 25.5. The lowest BCUT2D eigenvalue weighted by atomic mass is 10.2. The zero-order valence-corrected chi connectivity index (χ0v) is 11.2. The van der Waals surface area contributed by atoms with Crippen molar-refractivity contribution in [1.82, 2.24) is 4.31 Å². The van der Waals surface area contributed by atoms with E-state index in [0.717, 1.165) is 9.87 Å². The first-order valence-electron chi connectivity index (χ1n) is 5.42. The molecule has 0 aliphatic heterocycles. The van der Waals surface area contributed by atoms with Crippen LogP contribution in [0.3, 0.4) is 0 Å². The summed E-state index contributed by atoms with van der Waals surface area (Å²) in [7, 11) is -3.65. The molecule has 18 heavy (non-hydrogen) atoms. The van der Waals surface area contributed by atoms with Gasteiger partial charge in [0, 0.05) is 0 Å². The van der Waals surface area contributed by atoms with Crippen molar-refractivity contribution < 1.29 is 13.2 Å². The number of nitrogens with zero attached hydrogens (tertiary/aromatic N) is 1. The highest BCUT2D eigenvalue weighted by molar-refractivity contribution is 7.89. The number of sulfonamides is 1. The van der Waals surface area contributed by atoms with Crippen LogP contribution >= 0.6 is 0 Å². The summed E-state index contributed by atoms with van der Waals surface area (Å²) >= 11 is 0. The Hall–Kier alpha value is -1.64. The highest BCUT2D eigenvalue weighted by Gasteiger charge is 2.22. The minimum absolute atomic E-state index is 0.0193. The van der Waals surface area contributed by atoms with Gasteiger partial charge in [0.05, 0.1) is 18.0 Å². The van der Waals surface area contributed by atoms with Crippen LogP contribution in [0.5, 0.6) is 0 Å². The molecule has 0 spiro atoms. The zero-order chi connectivity index (χ0) is 13.6. The smallest absolute Gasteiger partial charge is 0.244 e. The maximum atomic E-state index is 12.2. The first-order valence-corrected chi connectivity index (χ1v) is 6.86. The topological polar surface area (TPSA) is 54.5 Å². The largest absolute Gasteiger partial charge is 0.302 e. The van der Waals surface area contributed by atoms with Crippen LogP contribution in [-0.2, 0) is 14.8 Å². The maximum absolute atomic E-state index is 12.2. The van der Waals surface area contributed by atoms with Crippen molar-refractivity contribution in [1.29, 1.82) is 0 Å². The average Bonchev–Trinajstić information content (AvgIpc) is 2.35. The van der Waals surface area contributed by atoms with E-state index >= 15 is 0 Å². The van der Waals surface area contributed by atoms with E-state index < -0.39 is 10.0 Å². The summed E-state index contributed by atoms with van der Waals surface area (Å²) in [6.07, 6.45) is 0.559. The fourth-order valence-electron chi connectivity index (χ4n) is 1.36. The molecule has 0 bridgehead atoms. The van der Waals surface area contributed by atoms with Crippen molar-refractivity contribution in [3.63, 3.8) is 0 Å². The van der Waals surface area contributed by atoms with E-state index in [1.807, 2.05) is 6.92 Å². The second kappa shape index (κ2) is 6.34. The van der Waals surface area contributed by atoms with E-state index in [4.69, 9.17) is 0 Å². The van der Waals surface area contributed by atoms with E-state index in [2.05, 4.69) is 11.8 Å². The summed E-state index contributed by atoms with van der Waals surface area (Å²) in [4.78, 5) is 10.7. The van der Waals surface area contributed by atoms with Gasteiger partial charge in [-0.25, -0.2) is 8.42 Å². The molecule has 0 aliphatic rings. The molecule has 0 aliphatic carbocycles. The molecule has 0 heterocycles. The molecule has 4 nitrogen and oxygen atoms in total. The number of benzene rings is 1. The van der Waals surface area contributed by atoms with Gasteiger partial charge < -0.3 is 4.79 Å². The normalized spacial score (nSPS) is 10.8. The fourth-order valence-corrected chi connectivity index (χ4v) is 2.63. The first-order chi connectivity index (χ1) is 8.52. The van der Waals surface area contributed by atoms with Gasteiger partial charge in [0.25, 0.3) is 0 Å². The molecule has 0 N–H and O–H groups in total. The quantitative estimate of drug-likeness (QED) is 0.594. The summed E-state index contributed by atoms with van der Waals surface area (Å²) in [5.74, 6) is 5.28. The van der Waals surface area contributed by atoms with Gasteiger partial charge in [-0.15, -0.1) is 5.92 Å². The van der Waals surface area contributed by atoms with Gasteiger partial charge in [-0.05, 0) is 26.0 Å². The average molecular weight is 265 g/mol. The predicted molar refractivity (Wildman–Crippen MR) is 69.5 cm³/mol. The van der Waals surface area contributed by atoms with Crippen LogP contribution in [0.25, 0.3) is 0 Å². The fraction of sp³-hybridized carbons (Fsp3) is 0.308. The molecule has 0 amide bonds. The highest BCUT2D eigenvalue weighted by atomic mass is 32.2. The molecule has 0 unspecified atom stereocenters. The van der Waals surface area contributed by atoms with Crippen LogP contribution in [0.4, 0.5) is 0 Å². The molecule has 0 saturated carbocycles. The molecule has 0 fully saturated rings. The van der Waals surface area contributed by atoms with Crippen LogP contribution in [0, 0.1) is 18.8 Å². The van der Waals surface area contributed by atoms with E-state index in [1.165, 1.54) is 12.1 Å². The predicted octanol–water partition coefficient (Wildman–Crippen LogP) is 1.21. The molecule has 0 radical (unpaired) electrons. The van der Waals surface area contributed by atoms with Crippen LogP contribution in [0.15, 0.2) is 29.2 Å². The Morgan fingerprint density at radius 2 is 1.89 bits per heavy atom. The SMILES string of the molecule is CC#CCN(CC=O)S(=O)(=O)c1ccc(C)cc1. The minimum atomic E-state index is -3.65. The molecule has 1 aromatic carbocycles. The third-order valence-corrected chi connectivity index (χ3v) is 4.20. The molecule has 0 saturated heterocycles. The van der Waals surface area contributed by atoms with Crippen molar-refractivity contribution in [2.45, 2.75) is 18.7 Å². The third-order valence-electron chi connectivity index (χ3n) is 2.37. The molecule has 0 atom stereocenters. The lowest BCUT2D eigenvalue weighted by Gasteiger charge is -2.17. The molecule has 0 aromatic heterocycles. The van der Waals surface area contributed by atoms with Crippen molar-refractivity contribution in [2.24, 2.45) is 0 Å². The number of aldehydes is 1. The van der Waals surface area contributed by atoms with Gasteiger partial charge in [0.1, 0.15) is 6.29 Å². The number of carbonyl (C=O) groups is 1. The van der Waals surface area contributed by atoms with Crippen LogP contribution in [0.1, 0.15) is 12.5 Å². The number of hydrogen-bond donors (Lipinski definition) is 0. The van der Waals surface area contributed by atoms with E-state index in [0.29, 0.717) is 6.29 Å².